The molecule has 1 aliphatic rings. The van der Waals surface area contributed by atoms with Crippen molar-refractivity contribution in [3.8, 4) is 0 Å². The van der Waals surface area contributed by atoms with Crippen LogP contribution in [-0.2, 0) is 22.1 Å². The van der Waals surface area contributed by atoms with Gasteiger partial charge in [-0.3, -0.25) is 14.8 Å². The second-order valence-corrected chi connectivity index (χ2v) is 7.16. The number of aryl methyl sites for hydroxylation is 1. The topological polar surface area (TPSA) is 114 Å². The van der Waals surface area contributed by atoms with Crippen molar-refractivity contribution in [2.75, 3.05) is 6.54 Å². The molecule has 1 aromatic heterocycles. The predicted molar refractivity (Wildman–Crippen MR) is 93.3 cm³/mol. The van der Waals surface area contributed by atoms with Crippen molar-refractivity contribution in [2.45, 2.75) is 31.9 Å². The van der Waals surface area contributed by atoms with Crippen LogP contribution in [0.25, 0.3) is 10.9 Å². The lowest BCUT2D eigenvalue weighted by atomic mass is 9.92. The zero-order valence-electron chi connectivity index (χ0n) is 15.0. The van der Waals surface area contributed by atoms with E-state index in [0.717, 1.165) is 0 Å². The number of aromatic nitrogens is 2. The number of rotatable bonds is 3. The number of hydrogen-bond donors (Lipinski definition) is 3. The lowest BCUT2D eigenvalue weighted by molar-refractivity contribution is -0.124. The number of carbonyl (C=O) groups is 3. The van der Waals surface area contributed by atoms with Crippen LogP contribution in [0.5, 0.6) is 0 Å². The van der Waals surface area contributed by atoms with Gasteiger partial charge in [0.1, 0.15) is 5.60 Å². The van der Waals surface area contributed by atoms with Gasteiger partial charge in [-0.2, -0.15) is 5.10 Å². The molecular weight excluding hydrogens is 338 g/mol. The fourth-order valence-electron chi connectivity index (χ4n) is 3.04. The Morgan fingerprint density at radius 3 is 2.62 bits per heavy atom. The maximum Gasteiger partial charge on any atom is 0.407 e. The molecule has 1 atom stereocenters. The number of ether oxygens (including phenoxy) is 1. The minimum Gasteiger partial charge on any atom is -0.444 e. The largest absolute Gasteiger partial charge is 0.444 e. The Bertz CT molecular complexity index is 898. The van der Waals surface area contributed by atoms with Crippen molar-refractivity contribution < 1.29 is 19.1 Å². The molecule has 1 saturated heterocycles. The molecule has 0 radical (unpaired) electrons. The van der Waals surface area contributed by atoms with Crippen LogP contribution < -0.4 is 16.0 Å². The van der Waals surface area contributed by atoms with Crippen LogP contribution >= 0.6 is 0 Å². The first-order chi connectivity index (χ1) is 12.1. The number of nitrogens with one attached hydrogen (secondary N) is 3. The Labute approximate surface area is 150 Å². The Hall–Kier alpha value is -3.10. The molecule has 2 heterocycles. The summed E-state index contributed by atoms with van der Waals surface area (Å²) in [5, 5.41) is 12.5. The maximum absolute atomic E-state index is 12.7. The highest BCUT2D eigenvalue weighted by molar-refractivity contribution is 6.09. The van der Waals surface area contributed by atoms with E-state index in [-0.39, 0.29) is 6.54 Å². The van der Waals surface area contributed by atoms with E-state index in [0.29, 0.717) is 16.6 Å². The number of alkyl carbamates (subject to hydrolysis) is 1. The molecule has 1 aliphatic heterocycles. The van der Waals surface area contributed by atoms with Crippen molar-refractivity contribution in [3.05, 3.63) is 30.0 Å². The molecule has 1 aromatic carbocycles. The third-order valence-corrected chi connectivity index (χ3v) is 3.98. The van der Waals surface area contributed by atoms with E-state index < -0.39 is 29.2 Å². The summed E-state index contributed by atoms with van der Waals surface area (Å²) in [7, 11) is 1.68. The number of imide groups is 1. The highest BCUT2D eigenvalue weighted by atomic mass is 16.6. The molecule has 0 saturated carbocycles. The van der Waals surface area contributed by atoms with E-state index in [2.05, 4.69) is 21.0 Å². The van der Waals surface area contributed by atoms with Gasteiger partial charge in [0.15, 0.2) is 5.54 Å². The third-order valence-electron chi connectivity index (χ3n) is 3.98. The van der Waals surface area contributed by atoms with Crippen molar-refractivity contribution in [3.63, 3.8) is 0 Å². The predicted octanol–water partition coefficient (Wildman–Crippen LogP) is 1.13. The number of nitrogens with zero attached hydrogens (tertiary/aromatic N) is 2. The van der Waals surface area contributed by atoms with Crippen molar-refractivity contribution in [1.29, 1.82) is 0 Å². The average Bonchev–Trinajstić information content (AvgIpc) is 2.99. The maximum atomic E-state index is 12.7. The third kappa shape index (κ3) is 3.07. The Morgan fingerprint density at radius 2 is 2.00 bits per heavy atom. The first kappa shape index (κ1) is 17.7. The molecule has 4 amide bonds. The summed E-state index contributed by atoms with van der Waals surface area (Å²) in [6.07, 6.45) is -0.683. The highest BCUT2D eigenvalue weighted by Crippen LogP contribution is 2.30. The fourth-order valence-corrected chi connectivity index (χ4v) is 3.04. The molecule has 3 rings (SSSR count). The van der Waals surface area contributed by atoms with Crippen LogP contribution in [0.15, 0.2) is 24.3 Å². The molecule has 0 spiro atoms. The Morgan fingerprint density at radius 1 is 1.31 bits per heavy atom. The minimum absolute atomic E-state index is 0.178. The molecule has 0 bridgehead atoms. The molecule has 9 nitrogen and oxygen atoms in total. The highest BCUT2D eigenvalue weighted by Gasteiger charge is 2.51. The molecule has 1 unspecified atom stereocenters. The lowest BCUT2D eigenvalue weighted by Gasteiger charge is -2.28. The van der Waals surface area contributed by atoms with E-state index in [9.17, 15) is 14.4 Å². The number of carbonyl (C=O) groups excluding carboxylic acids is 3. The smallest absolute Gasteiger partial charge is 0.407 e. The zero-order valence-corrected chi connectivity index (χ0v) is 15.0. The summed E-state index contributed by atoms with van der Waals surface area (Å²) < 4.78 is 6.76. The van der Waals surface area contributed by atoms with Gasteiger partial charge in [0, 0.05) is 12.4 Å². The number of amides is 4. The summed E-state index contributed by atoms with van der Waals surface area (Å²) in [5.74, 6) is -0.563. The molecule has 2 aromatic rings. The van der Waals surface area contributed by atoms with Crippen molar-refractivity contribution >= 4 is 28.9 Å². The van der Waals surface area contributed by atoms with Gasteiger partial charge in [-0.15, -0.1) is 0 Å². The second kappa shape index (κ2) is 6.01. The van der Waals surface area contributed by atoms with Crippen LogP contribution in [0.1, 0.15) is 26.5 Å². The van der Waals surface area contributed by atoms with Crippen LogP contribution in [-0.4, -0.2) is 40.0 Å². The summed E-state index contributed by atoms with van der Waals surface area (Å²) >= 11 is 0. The first-order valence-electron chi connectivity index (χ1n) is 8.15. The minimum atomic E-state index is -1.49. The van der Waals surface area contributed by atoms with Crippen molar-refractivity contribution in [2.24, 2.45) is 7.05 Å². The van der Waals surface area contributed by atoms with Crippen LogP contribution in [0.2, 0.25) is 0 Å². The lowest BCUT2D eigenvalue weighted by Crippen LogP contribution is -2.54. The van der Waals surface area contributed by atoms with E-state index in [4.69, 9.17) is 4.74 Å². The number of fused-ring (bicyclic) bond motifs is 1. The van der Waals surface area contributed by atoms with Crippen LogP contribution in [0.4, 0.5) is 9.59 Å². The Kier molecular flexibility index (Phi) is 4.09. The molecule has 0 aliphatic carbocycles. The normalized spacial score (nSPS) is 20.0. The van der Waals surface area contributed by atoms with Gasteiger partial charge in [0.25, 0.3) is 5.91 Å². The Balaban J connectivity index is 2.01. The average molecular weight is 359 g/mol. The first-order valence-corrected chi connectivity index (χ1v) is 8.15. The SMILES string of the molecule is Cn1nc2ccccc2c1C1(CNC(=O)OC(C)(C)C)NC(=O)NC1=O. The van der Waals surface area contributed by atoms with Crippen molar-refractivity contribution in [1.82, 2.24) is 25.7 Å². The van der Waals surface area contributed by atoms with E-state index in [1.807, 2.05) is 24.3 Å². The van der Waals surface area contributed by atoms with Crippen LogP contribution in [0.3, 0.4) is 0 Å². The molecule has 138 valence electrons. The van der Waals surface area contributed by atoms with E-state index >= 15 is 0 Å². The quantitative estimate of drug-likeness (QED) is 0.711. The number of benzene rings is 1. The molecule has 3 N–H and O–H groups in total. The monoisotopic (exact) mass is 359 g/mol. The van der Waals surface area contributed by atoms with Gasteiger partial charge >= 0.3 is 12.1 Å². The fraction of sp³-hybridized carbons (Fsp3) is 0.412. The van der Waals surface area contributed by atoms with E-state index in [1.54, 1.807) is 27.8 Å². The number of urea groups is 1. The van der Waals surface area contributed by atoms with Gasteiger partial charge in [0.2, 0.25) is 0 Å². The second-order valence-electron chi connectivity index (χ2n) is 7.16. The van der Waals surface area contributed by atoms with Gasteiger partial charge in [0.05, 0.1) is 17.8 Å². The molecule has 1 fully saturated rings. The van der Waals surface area contributed by atoms with Crippen LogP contribution in [0, 0.1) is 0 Å². The molecular formula is C17H21N5O4. The zero-order chi connectivity index (χ0) is 19.1. The molecule has 26 heavy (non-hydrogen) atoms. The van der Waals surface area contributed by atoms with Gasteiger partial charge in [-0.05, 0) is 26.8 Å². The van der Waals surface area contributed by atoms with Gasteiger partial charge in [-0.25, -0.2) is 9.59 Å². The summed E-state index contributed by atoms with van der Waals surface area (Å²) in [4.78, 5) is 36.6. The summed E-state index contributed by atoms with van der Waals surface area (Å²) in [6, 6.07) is 6.63. The summed E-state index contributed by atoms with van der Waals surface area (Å²) in [6.45, 7) is 5.03. The standard InChI is InChI=1S/C17H21N5O4/c1-16(2,3)26-15(25)18-9-17(13(23)19-14(24)20-17)12-10-7-5-6-8-11(10)21-22(12)4/h5-8H,9H2,1-4H3,(H,18,25)(H2,19,20,23,24). The number of hydrogen-bond acceptors (Lipinski definition) is 5. The van der Waals surface area contributed by atoms with Gasteiger partial charge in [-0.1, -0.05) is 18.2 Å². The van der Waals surface area contributed by atoms with E-state index in [1.165, 1.54) is 4.68 Å². The molecule has 9 heteroatoms. The van der Waals surface area contributed by atoms with Gasteiger partial charge < -0.3 is 15.4 Å². The summed E-state index contributed by atoms with van der Waals surface area (Å²) in [5.41, 5.74) is -1.01.